The Morgan fingerprint density at radius 2 is 1.58 bits per heavy atom. The van der Waals surface area contributed by atoms with Crippen molar-refractivity contribution >= 4 is 5.82 Å². The molecule has 0 aliphatic carbocycles. The number of morpholine rings is 1. The van der Waals surface area contributed by atoms with Gasteiger partial charge in [-0.25, -0.2) is 9.97 Å². The Bertz CT molecular complexity index is 746. The smallest absolute Gasteiger partial charge is 0.163 e. The fourth-order valence-corrected chi connectivity index (χ4v) is 2.68. The first kappa shape index (κ1) is 14.7. The number of ether oxygens (including phenoxy) is 1. The van der Waals surface area contributed by atoms with Gasteiger partial charge in [0, 0.05) is 55.1 Å². The summed E-state index contributed by atoms with van der Waals surface area (Å²) in [6.45, 7) is 3.09. The number of hydrogen-bond acceptors (Lipinski definition) is 6. The summed E-state index contributed by atoms with van der Waals surface area (Å²) in [7, 11) is 0. The number of nitrogens with zero attached hydrogens (tertiary/aromatic N) is 5. The lowest BCUT2D eigenvalue weighted by molar-refractivity contribution is 0.122. The molecule has 0 aromatic carbocycles. The molecule has 0 bridgehead atoms. The number of hydrogen-bond donors (Lipinski definition) is 0. The van der Waals surface area contributed by atoms with Crippen LogP contribution in [0.4, 0.5) is 5.82 Å². The van der Waals surface area contributed by atoms with Gasteiger partial charge in [0.15, 0.2) is 5.82 Å². The lowest BCUT2D eigenvalue weighted by Gasteiger charge is -2.28. The van der Waals surface area contributed by atoms with Crippen molar-refractivity contribution in [3.05, 3.63) is 55.1 Å². The number of rotatable bonds is 3. The molecule has 0 saturated carbocycles. The van der Waals surface area contributed by atoms with Gasteiger partial charge in [-0.1, -0.05) is 0 Å². The molecule has 0 spiro atoms. The van der Waals surface area contributed by atoms with E-state index in [2.05, 4.69) is 14.9 Å². The average molecular weight is 319 g/mol. The molecule has 4 heterocycles. The highest BCUT2D eigenvalue weighted by Gasteiger charge is 2.16. The van der Waals surface area contributed by atoms with Crippen LogP contribution in [-0.4, -0.2) is 46.2 Å². The van der Waals surface area contributed by atoms with Crippen molar-refractivity contribution in [1.29, 1.82) is 0 Å². The van der Waals surface area contributed by atoms with Gasteiger partial charge in [0.25, 0.3) is 0 Å². The Kier molecular flexibility index (Phi) is 4.12. The van der Waals surface area contributed by atoms with E-state index in [1.54, 1.807) is 18.6 Å². The van der Waals surface area contributed by atoms with Crippen LogP contribution in [0.1, 0.15) is 0 Å². The molecule has 1 aliphatic rings. The maximum Gasteiger partial charge on any atom is 0.163 e. The van der Waals surface area contributed by atoms with E-state index in [1.165, 1.54) is 0 Å². The first-order valence-corrected chi connectivity index (χ1v) is 7.93. The summed E-state index contributed by atoms with van der Waals surface area (Å²) in [6, 6.07) is 9.80. The summed E-state index contributed by atoms with van der Waals surface area (Å²) < 4.78 is 5.45. The monoisotopic (exact) mass is 319 g/mol. The van der Waals surface area contributed by atoms with Gasteiger partial charge in [0.1, 0.15) is 5.82 Å². The Hall–Kier alpha value is -2.86. The second kappa shape index (κ2) is 6.72. The molecule has 1 aliphatic heterocycles. The van der Waals surface area contributed by atoms with Gasteiger partial charge in [-0.2, -0.15) is 0 Å². The van der Waals surface area contributed by atoms with Crippen molar-refractivity contribution in [2.45, 2.75) is 0 Å². The topological polar surface area (TPSA) is 64.0 Å². The highest BCUT2D eigenvalue weighted by molar-refractivity contribution is 5.67. The third-order valence-corrected chi connectivity index (χ3v) is 3.92. The first-order valence-electron chi connectivity index (χ1n) is 7.93. The molecule has 0 atom stereocenters. The van der Waals surface area contributed by atoms with Crippen molar-refractivity contribution in [2.75, 3.05) is 31.2 Å². The molecule has 1 saturated heterocycles. The van der Waals surface area contributed by atoms with Gasteiger partial charge in [0.05, 0.1) is 18.9 Å². The third kappa shape index (κ3) is 3.09. The molecular weight excluding hydrogens is 302 g/mol. The van der Waals surface area contributed by atoms with Crippen LogP contribution in [0.5, 0.6) is 0 Å². The summed E-state index contributed by atoms with van der Waals surface area (Å²) in [5.41, 5.74) is 2.73. The van der Waals surface area contributed by atoms with Crippen LogP contribution < -0.4 is 4.90 Å². The number of aromatic nitrogens is 4. The second-order valence-corrected chi connectivity index (χ2v) is 5.52. The van der Waals surface area contributed by atoms with Crippen LogP contribution in [0, 0.1) is 0 Å². The van der Waals surface area contributed by atoms with Gasteiger partial charge < -0.3 is 9.64 Å². The molecule has 0 unspecified atom stereocenters. The quantitative estimate of drug-likeness (QED) is 0.739. The van der Waals surface area contributed by atoms with E-state index in [-0.39, 0.29) is 0 Å². The van der Waals surface area contributed by atoms with Gasteiger partial charge in [-0.3, -0.25) is 9.97 Å². The predicted octanol–water partition coefficient (Wildman–Crippen LogP) is 2.44. The molecule has 6 nitrogen and oxygen atoms in total. The van der Waals surface area contributed by atoms with Gasteiger partial charge in [0.2, 0.25) is 0 Å². The highest BCUT2D eigenvalue weighted by Crippen LogP contribution is 2.25. The van der Waals surface area contributed by atoms with Crippen molar-refractivity contribution in [3.8, 4) is 22.6 Å². The molecule has 1 fully saturated rings. The molecule has 120 valence electrons. The van der Waals surface area contributed by atoms with Crippen LogP contribution in [0.15, 0.2) is 55.1 Å². The van der Waals surface area contributed by atoms with E-state index >= 15 is 0 Å². The first-order chi connectivity index (χ1) is 11.9. The Labute approximate surface area is 140 Å². The van der Waals surface area contributed by atoms with Crippen LogP contribution in [0.25, 0.3) is 22.6 Å². The van der Waals surface area contributed by atoms with Crippen LogP contribution in [0.2, 0.25) is 0 Å². The van der Waals surface area contributed by atoms with E-state index in [0.29, 0.717) is 19.0 Å². The Morgan fingerprint density at radius 3 is 2.25 bits per heavy atom. The molecule has 0 radical (unpaired) electrons. The summed E-state index contributed by atoms with van der Waals surface area (Å²) >= 11 is 0. The second-order valence-electron chi connectivity index (χ2n) is 5.52. The number of pyridine rings is 2. The lowest BCUT2D eigenvalue weighted by Crippen LogP contribution is -2.36. The summed E-state index contributed by atoms with van der Waals surface area (Å²) in [5, 5.41) is 0. The summed E-state index contributed by atoms with van der Waals surface area (Å²) in [4.78, 5) is 20.1. The standard InChI is InChI=1S/C18H17N5O/c1-3-14(12-19-5-1)16-11-17(23-7-9-24-10-8-23)22-18(21-16)15-4-2-6-20-13-15/h1-6,11-13H,7-10H2. The number of anilines is 1. The van der Waals surface area contributed by atoms with E-state index < -0.39 is 0 Å². The largest absolute Gasteiger partial charge is 0.378 e. The molecule has 0 N–H and O–H groups in total. The predicted molar refractivity (Wildman–Crippen MR) is 91.5 cm³/mol. The maximum atomic E-state index is 5.45. The maximum absolute atomic E-state index is 5.45. The fourth-order valence-electron chi connectivity index (χ4n) is 2.68. The molecule has 6 heteroatoms. The van der Waals surface area contributed by atoms with Gasteiger partial charge in [-0.05, 0) is 24.3 Å². The third-order valence-electron chi connectivity index (χ3n) is 3.92. The minimum Gasteiger partial charge on any atom is -0.378 e. The minimum atomic E-state index is 0.672. The molecule has 4 rings (SSSR count). The summed E-state index contributed by atoms with van der Waals surface area (Å²) in [6.07, 6.45) is 7.11. The molecule has 0 amide bonds. The van der Waals surface area contributed by atoms with E-state index in [0.717, 1.165) is 35.7 Å². The zero-order chi connectivity index (χ0) is 16.2. The lowest BCUT2D eigenvalue weighted by atomic mass is 10.2. The van der Waals surface area contributed by atoms with E-state index in [1.807, 2.05) is 36.5 Å². The van der Waals surface area contributed by atoms with E-state index in [9.17, 15) is 0 Å². The fraction of sp³-hybridized carbons (Fsp3) is 0.222. The molecule has 3 aromatic heterocycles. The van der Waals surface area contributed by atoms with Gasteiger partial charge in [-0.15, -0.1) is 0 Å². The molecular formula is C18H17N5O. The van der Waals surface area contributed by atoms with Gasteiger partial charge >= 0.3 is 0 Å². The van der Waals surface area contributed by atoms with Crippen molar-refractivity contribution in [2.24, 2.45) is 0 Å². The van der Waals surface area contributed by atoms with Crippen molar-refractivity contribution in [3.63, 3.8) is 0 Å². The van der Waals surface area contributed by atoms with Crippen LogP contribution >= 0.6 is 0 Å². The molecule has 3 aromatic rings. The normalized spacial score (nSPS) is 14.6. The van der Waals surface area contributed by atoms with E-state index in [4.69, 9.17) is 14.7 Å². The summed E-state index contributed by atoms with van der Waals surface area (Å²) in [5.74, 6) is 1.58. The Balaban J connectivity index is 1.81. The zero-order valence-corrected chi connectivity index (χ0v) is 13.2. The van der Waals surface area contributed by atoms with Crippen LogP contribution in [0.3, 0.4) is 0 Å². The zero-order valence-electron chi connectivity index (χ0n) is 13.2. The Morgan fingerprint density at radius 1 is 0.875 bits per heavy atom. The molecule has 24 heavy (non-hydrogen) atoms. The highest BCUT2D eigenvalue weighted by atomic mass is 16.5. The van der Waals surface area contributed by atoms with Crippen LogP contribution in [-0.2, 0) is 4.74 Å². The average Bonchev–Trinajstić information content (AvgIpc) is 2.70. The minimum absolute atomic E-state index is 0.672. The van der Waals surface area contributed by atoms with Crippen molar-refractivity contribution in [1.82, 2.24) is 19.9 Å². The SMILES string of the molecule is c1cncc(-c2cc(N3CCOCC3)nc(-c3cccnc3)n2)c1. The van der Waals surface area contributed by atoms with Crippen molar-refractivity contribution < 1.29 is 4.74 Å².